The third-order valence-electron chi connectivity index (χ3n) is 7.45. The average Bonchev–Trinajstić information content (AvgIpc) is 2.75. The van der Waals surface area contributed by atoms with Gasteiger partial charge in [-0.3, -0.25) is 14.4 Å². The summed E-state index contributed by atoms with van der Waals surface area (Å²) >= 11 is 0. The lowest BCUT2D eigenvalue weighted by Crippen LogP contribution is -2.64. The van der Waals surface area contributed by atoms with Gasteiger partial charge in [0.2, 0.25) is 5.91 Å². The highest BCUT2D eigenvalue weighted by atomic mass is 16.5. The lowest BCUT2D eigenvalue weighted by atomic mass is 9.47. The molecule has 8 heteroatoms. The van der Waals surface area contributed by atoms with Gasteiger partial charge in [0.25, 0.3) is 5.91 Å². The second-order valence-corrected chi connectivity index (χ2v) is 10.1. The summed E-state index contributed by atoms with van der Waals surface area (Å²) < 4.78 is 16.0. The molecule has 1 aromatic rings. The fraction of sp³-hybridized carbons (Fsp3) is 0.640. The first-order chi connectivity index (χ1) is 15.8. The molecular formula is C25H34N2O6. The summed E-state index contributed by atoms with van der Waals surface area (Å²) in [5.74, 6) is 1.51. The van der Waals surface area contributed by atoms with E-state index in [1.807, 2.05) is 18.2 Å². The standard InChI is InChI=1S/C25H34N2O6/c1-16(28)27-25-12-18-8-19(13-25)11-24(10-18,15-25)23(30)33-14-22(29)26-7-6-17-4-5-20(31-2)21(9-17)32-3/h4-5,9,18-19H,6-8,10-15H2,1-3H3,(H,26,29)(H,27,28). The van der Waals surface area contributed by atoms with E-state index in [1.54, 1.807) is 14.2 Å². The molecule has 4 fully saturated rings. The summed E-state index contributed by atoms with van der Waals surface area (Å²) in [7, 11) is 3.17. The predicted molar refractivity (Wildman–Crippen MR) is 121 cm³/mol. The fourth-order valence-electron chi connectivity index (χ4n) is 6.74. The van der Waals surface area contributed by atoms with Crippen molar-refractivity contribution in [1.82, 2.24) is 10.6 Å². The van der Waals surface area contributed by atoms with Gasteiger partial charge in [0, 0.05) is 19.0 Å². The molecule has 33 heavy (non-hydrogen) atoms. The van der Waals surface area contributed by atoms with Gasteiger partial charge in [-0.1, -0.05) is 6.07 Å². The van der Waals surface area contributed by atoms with Crippen molar-refractivity contribution in [3.8, 4) is 11.5 Å². The van der Waals surface area contributed by atoms with Gasteiger partial charge >= 0.3 is 5.97 Å². The van der Waals surface area contributed by atoms with Crippen molar-refractivity contribution in [3.05, 3.63) is 23.8 Å². The van der Waals surface area contributed by atoms with Crippen LogP contribution in [0.1, 0.15) is 51.0 Å². The van der Waals surface area contributed by atoms with E-state index in [2.05, 4.69) is 10.6 Å². The van der Waals surface area contributed by atoms with Crippen LogP contribution in [0.15, 0.2) is 18.2 Å². The Morgan fingerprint density at radius 3 is 2.36 bits per heavy atom. The third-order valence-corrected chi connectivity index (χ3v) is 7.45. The second kappa shape index (κ2) is 9.23. The number of ether oxygens (including phenoxy) is 3. The van der Waals surface area contributed by atoms with Gasteiger partial charge in [-0.05, 0) is 74.5 Å². The van der Waals surface area contributed by atoms with E-state index in [9.17, 15) is 14.4 Å². The quantitative estimate of drug-likeness (QED) is 0.551. The maximum absolute atomic E-state index is 13.1. The smallest absolute Gasteiger partial charge is 0.312 e. The van der Waals surface area contributed by atoms with Gasteiger partial charge in [-0.2, -0.15) is 0 Å². The van der Waals surface area contributed by atoms with Gasteiger partial charge in [0.05, 0.1) is 19.6 Å². The Labute approximate surface area is 194 Å². The molecule has 4 aliphatic carbocycles. The zero-order valence-corrected chi connectivity index (χ0v) is 19.7. The first-order valence-electron chi connectivity index (χ1n) is 11.7. The van der Waals surface area contributed by atoms with E-state index in [0.717, 1.165) is 37.7 Å². The van der Waals surface area contributed by atoms with Crippen molar-refractivity contribution >= 4 is 17.8 Å². The summed E-state index contributed by atoms with van der Waals surface area (Å²) in [5, 5.41) is 5.96. The Hall–Kier alpha value is -2.77. The van der Waals surface area contributed by atoms with E-state index >= 15 is 0 Å². The average molecular weight is 459 g/mol. The number of hydrogen-bond donors (Lipinski definition) is 2. The maximum atomic E-state index is 13.1. The molecule has 180 valence electrons. The fourth-order valence-corrected chi connectivity index (χ4v) is 6.74. The minimum absolute atomic E-state index is 0.0469. The molecule has 0 saturated heterocycles. The number of hydrogen-bond acceptors (Lipinski definition) is 6. The summed E-state index contributed by atoms with van der Waals surface area (Å²) in [5.41, 5.74) is 0.130. The van der Waals surface area contributed by atoms with Crippen molar-refractivity contribution in [2.45, 2.75) is 57.4 Å². The molecule has 2 amide bonds. The molecule has 2 unspecified atom stereocenters. The molecular weight excluding hydrogens is 424 g/mol. The molecule has 0 aromatic heterocycles. The van der Waals surface area contributed by atoms with Crippen LogP contribution in [0, 0.1) is 17.3 Å². The minimum Gasteiger partial charge on any atom is -0.493 e. The van der Waals surface area contributed by atoms with E-state index < -0.39 is 5.41 Å². The summed E-state index contributed by atoms with van der Waals surface area (Å²) in [6, 6.07) is 5.63. The molecule has 1 aromatic carbocycles. The van der Waals surface area contributed by atoms with Crippen LogP contribution in [0.25, 0.3) is 0 Å². The van der Waals surface area contributed by atoms with Gasteiger partial charge in [-0.25, -0.2) is 0 Å². The zero-order chi connectivity index (χ0) is 23.6. The number of methoxy groups -OCH3 is 2. The Kier molecular flexibility index (Phi) is 6.54. The number of amides is 2. The second-order valence-electron chi connectivity index (χ2n) is 10.1. The molecule has 4 aliphatic rings. The van der Waals surface area contributed by atoms with Crippen LogP contribution >= 0.6 is 0 Å². The Morgan fingerprint density at radius 2 is 1.73 bits per heavy atom. The van der Waals surface area contributed by atoms with Crippen molar-refractivity contribution in [2.24, 2.45) is 17.3 Å². The minimum atomic E-state index is -0.577. The molecule has 2 N–H and O–H groups in total. The number of esters is 1. The van der Waals surface area contributed by atoms with Crippen LogP contribution in [0.5, 0.6) is 11.5 Å². The molecule has 0 spiro atoms. The lowest BCUT2D eigenvalue weighted by Gasteiger charge is -2.60. The van der Waals surface area contributed by atoms with Gasteiger partial charge in [0.15, 0.2) is 18.1 Å². The Morgan fingerprint density at radius 1 is 1.03 bits per heavy atom. The Bertz CT molecular complexity index is 915. The first-order valence-corrected chi connectivity index (χ1v) is 11.7. The molecule has 0 radical (unpaired) electrons. The molecule has 4 saturated carbocycles. The van der Waals surface area contributed by atoms with Gasteiger partial charge in [0.1, 0.15) is 0 Å². The highest BCUT2D eigenvalue weighted by Crippen LogP contribution is 2.62. The van der Waals surface area contributed by atoms with E-state index in [-0.39, 0.29) is 29.9 Å². The molecule has 2 atom stereocenters. The largest absolute Gasteiger partial charge is 0.493 e. The summed E-state index contributed by atoms with van der Waals surface area (Å²) in [6.07, 6.45) is 5.82. The monoisotopic (exact) mass is 458 g/mol. The highest BCUT2D eigenvalue weighted by Gasteiger charge is 2.61. The van der Waals surface area contributed by atoms with Crippen LogP contribution in [0.4, 0.5) is 0 Å². The van der Waals surface area contributed by atoms with Gasteiger partial charge in [-0.15, -0.1) is 0 Å². The van der Waals surface area contributed by atoms with E-state index in [1.165, 1.54) is 6.92 Å². The summed E-state index contributed by atoms with van der Waals surface area (Å²) in [6.45, 7) is 1.68. The number of rotatable bonds is 9. The van der Waals surface area contributed by atoms with Crippen molar-refractivity contribution < 1.29 is 28.6 Å². The highest BCUT2D eigenvalue weighted by molar-refractivity contribution is 5.83. The van der Waals surface area contributed by atoms with Crippen LogP contribution in [-0.4, -0.2) is 50.7 Å². The van der Waals surface area contributed by atoms with Crippen LogP contribution in [0.2, 0.25) is 0 Å². The number of benzene rings is 1. The third kappa shape index (κ3) is 4.94. The molecule has 5 rings (SSSR count). The topological polar surface area (TPSA) is 103 Å². The van der Waals surface area contributed by atoms with Crippen molar-refractivity contribution in [3.63, 3.8) is 0 Å². The molecule has 0 heterocycles. The maximum Gasteiger partial charge on any atom is 0.312 e. The van der Waals surface area contributed by atoms with Crippen LogP contribution in [-0.2, 0) is 25.5 Å². The molecule has 0 aliphatic heterocycles. The predicted octanol–water partition coefficient (Wildman–Crippen LogP) is 2.38. The van der Waals surface area contributed by atoms with Crippen LogP contribution in [0.3, 0.4) is 0 Å². The van der Waals surface area contributed by atoms with Crippen molar-refractivity contribution in [1.29, 1.82) is 0 Å². The molecule has 4 bridgehead atoms. The first kappa shape index (κ1) is 23.4. The number of carbonyl (C=O) groups is 3. The van der Waals surface area contributed by atoms with E-state index in [4.69, 9.17) is 14.2 Å². The Balaban J connectivity index is 1.27. The summed E-state index contributed by atoms with van der Waals surface area (Å²) in [4.78, 5) is 37.2. The zero-order valence-electron chi connectivity index (χ0n) is 19.7. The SMILES string of the molecule is COc1ccc(CCNC(=O)COC(=O)C23CC4CC(CC(NC(C)=O)(C4)C2)C3)cc1OC. The van der Waals surface area contributed by atoms with E-state index in [0.29, 0.717) is 42.7 Å². The normalized spacial score (nSPS) is 29.3. The molecule has 8 nitrogen and oxygen atoms in total. The number of nitrogens with one attached hydrogen (secondary N) is 2. The lowest BCUT2D eigenvalue weighted by molar-refractivity contribution is -0.177. The van der Waals surface area contributed by atoms with Gasteiger partial charge < -0.3 is 24.8 Å². The van der Waals surface area contributed by atoms with Crippen LogP contribution < -0.4 is 20.1 Å². The number of carbonyl (C=O) groups excluding carboxylic acids is 3. The van der Waals surface area contributed by atoms with Crippen molar-refractivity contribution in [2.75, 3.05) is 27.4 Å².